The van der Waals surface area contributed by atoms with Crippen LogP contribution < -0.4 is 4.90 Å². The Hall–Kier alpha value is -1.24. The van der Waals surface area contributed by atoms with Crippen LogP contribution in [0.5, 0.6) is 0 Å². The summed E-state index contributed by atoms with van der Waals surface area (Å²) in [6.07, 6.45) is 2.20. The zero-order chi connectivity index (χ0) is 15.7. The molecule has 0 spiro atoms. The predicted octanol–water partition coefficient (Wildman–Crippen LogP) is 3.71. The number of aliphatic carboxylic acids is 1. The lowest BCUT2D eigenvalue weighted by Gasteiger charge is -2.19. The minimum Gasteiger partial charge on any atom is -0.481 e. The number of carbonyl (C=O) groups is 1. The number of anilines is 1. The van der Waals surface area contributed by atoms with E-state index in [4.69, 9.17) is 28.3 Å². The van der Waals surface area contributed by atoms with Gasteiger partial charge in [-0.1, -0.05) is 35.0 Å². The van der Waals surface area contributed by atoms with Crippen molar-refractivity contribution in [3.8, 4) is 0 Å². The number of halogens is 2. The number of thioether (sulfide) groups is 1. The van der Waals surface area contributed by atoms with Gasteiger partial charge in [0.2, 0.25) is 0 Å². The van der Waals surface area contributed by atoms with Crippen LogP contribution in [0.1, 0.15) is 12.8 Å². The average Bonchev–Trinajstić information content (AvgIpc) is 2.99. The molecule has 0 saturated carbocycles. The van der Waals surface area contributed by atoms with Crippen molar-refractivity contribution in [1.29, 1.82) is 0 Å². The maximum atomic E-state index is 10.8. The summed E-state index contributed by atoms with van der Waals surface area (Å²) in [7, 11) is 0. The summed E-state index contributed by atoms with van der Waals surface area (Å²) in [6.45, 7) is 1.81. The molecule has 1 N–H and O–H groups in total. The standard InChI is InChI=1S/C14H13Cl2N3O2S/c15-8-5-10-11(6-9(8)16)18-14(22-7-12(20)21)13(17-10)19-3-1-2-4-19/h5-6H,1-4,7H2,(H,20,21). The summed E-state index contributed by atoms with van der Waals surface area (Å²) in [5, 5.41) is 10.4. The fourth-order valence-corrected chi connectivity index (χ4v) is 3.43. The predicted molar refractivity (Wildman–Crippen MR) is 89.4 cm³/mol. The third-order valence-electron chi connectivity index (χ3n) is 3.40. The molecule has 0 atom stereocenters. The molecular weight excluding hydrogens is 345 g/mol. The fourth-order valence-electron chi connectivity index (χ4n) is 2.39. The number of rotatable bonds is 4. The maximum absolute atomic E-state index is 10.8. The molecule has 8 heteroatoms. The molecule has 0 radical (unpaired) electrons. The molecule has 0 amide bonds. The van der Waals surface area contributed by atoms with Gasteiger partial charge in [-0.25, -0.2) is 9.97 Å². The number of benzene rings is 1. The molecule has 1 aliphatic heterocycles. The van der Waals surface area contributed by atoms with Crippen molar-refractivity contribution in [2.75, 3.05) is 23.7 Å². The normalized spacial score (nSPS) is 14.7. The Morgan fingerprint density at radius 2 is 1.77 bits per heavy atom. The summed E-state index contributed by atoms with van der Waals surface area (Å²) in [5.41, 5.74) is 1.28. The van der Waals surface area contributed by atoms with Crippen LogP contribution in [0.4, 0.5) is 5.82 Å². The topological polar surface area (TPSA) is 66.3 Å². The molecule has 2 aromatic rings. The third-order valence-corrected chi connectivity index (χ3v) is 5.06. The van der Waals surface area contributed by atoms with Gasteiger partial charge in [-0.2, -0.15) is 0 Å². The van der Waals surface area contributed by atoms with Crippen LogP contribution in [0.2, 0.25) is 10.0 Å². The molecule has 3 rings (SSSR count). The van der Waals surface area contributed by atoms with Crippen LogP contribution in [0, 0.1) is 0 Å². The molecule has 1 aromatic carbocycles. The van der Waals surface area contributed by atoms with Crippen molar-refractivity contribution in [2.24, 2.45) is 0 Å². The largest absolute Gasteiger partial charge is 0.481 e. The van der Waals surface area contributed by atoms with Gasteiger partial charge < -0.3 is 10.0 Å². The first kappa shape index (κ1) is 15.6. The van der Waals surface area contributed by atoms with E-state index in [1.54, 1.807) is 12.1 Å². The Kier molecular flexibility index (Phi) is 4.61. The first-order chi connectivity index (χ1) is 10.5. The van der Waals surface area contributed by atoms with Crippen LogP contribution in [0.3, 0.4) is 0 Å². The van der Waals surface area contributed by atoms with Crippen molar-refractivity contribution in [3.63, 3.8) is 0 Å². The Bertz CT molecular complexity index is 736. The van der Waals surface area contributed by atoms with Gasteiger partial charge >= 0.3 is 5.97 Å². The molecular formula is C14H13Cl2N3O2S. The summed E-state index contributed by atoms with van der Waals surface area (Å²) in [6, 6.07) is 3.35. The molecule has 1 saturated heterocycles. The van der Waals surface area contributed by atoms with Crippen LogP contribution in [0.15, 0.2) is 17.2 Å². The second-order valence-electron chi connectivity index (χ2n) is 4.98. The van der Waals surface area contributed by atoms with Crippen molar-refractivity contribution in [1.82, 2.24) is 9.97 Å². The number of hydrogen-bond acceptors (Lipinski definition) is 5. The Balaban J connectivity index is 2.08. The van der Waals surface area contributed by atoms with Gasteiger partial charge in [0.15, 0.2) is 5.82 Å². The molecule has 1 aromatic heterocycles. The number of carboxylic acid groups (broad SMARTS) is 1. The molecule has 1 aliphatic rings. The Morgan fingerprint density at radius 1 is 1.18 bits per heavy atom. The zero-order valence-electron chi connectivity index (χ0n) is 11.6. The molecule has 0 aliphatic carbocycles. The SMILES string of the molecule is O=C(O)CSc1nc2cc(Cl)c(Cl)cc2nc1N1CCCC1. The molecule has 116 valence electrons. The van der Waals surface area contributed by atoms with E-state index in [1.807, 2.05) is 0 Å². The number of carboxylic acids is 1. The van der Waals surface area contributed by atoms with Gasteiger partial charge in [-0.05, 0) is 25.0 Å². The van der Waals surface area contributed by atoms with Gasteiger partial charge in [-0.3, -0.25) is 4.79 Å². The van der Waals surface area contributed by atoms with Crippen molar-refractivity contribution in [2.45, 2.75) is 17.9 Å². The maximum Gasteiger partial charge on any atom is 0.313 e. The van der Waals surface area contributed by atoms with Crippen LogP contribution in [0.25, 0.3) is 11.0 Å². The zero-order valence-corrected chi connectivity index (χ0v) is 13.9. The second kappa shape index (κ2) is 6.48. The highest BCUT2D eigenvalue weighted by atomic mass is 35.5. The monoisotopic (exact) mass is 357 g/mol. The lowest BCUT2D eigenvalue weighted by molar-refractivity contribution is -0.133. The Labute approximate surface area is 141 Å². The smallest absolute Gasteiger partial charge is 0.313 e. The number of hydrogen-bond donors (Lipinski definition) is 1. The van der Waals surface area contributed by atoms with E-state index in [-0.39, 0.29) is 5.75 Å². The molecule has 5 nitrogen and oxygen atoms in total. The average molecular weight is 358 g/mol. The summed E-state index contributed by atoms with van der Waals surface area (Å²) in [4.78, 5) is 22.2. The van der Waals surface area contributed by atoms with Crippen molar-refractivity contribution < 1.29 is 9.90 Å². The van der Waals surface area contributed by atoms with Crippen LogP contribution >= 0.6 is 35.0 Å². The van der Waals surface area contributed by atoms with Crippen molar-refractivity contribution >= 4 is 57.8 Å². The van der Waals surface area contributed by atoms with E-state index < -0.39 is 5.97 Å². The number of fused-ring (bicyclic) bond motifs is 1. The summed E-state index contributed by atoms with van der Waals surface area (Å²) < 4.78 is 0. The van der Waals surface area contributed by atoms with Gasteiger partial charge in [0.05, 0.1) is 26.8 Å². The summed E-state index contributed by atoms with van der Waals surface area (Å²) >= 11 is 13.2. The fraction of sp³-hybridized carbons (Fsp3) is 0.357. The van der Waals surface area contributed by atoms with Crippen molar-refractivity contribution in [3.05, 3.63) is 22.2 Å². The highest BCUT2D eigenvalue weighted by molar-refractivity contribution is 8.00. The highest BCUT2D eigenvalue weighted by Gasteiger charge is 2.20. The molecule has 0 bridgehead atoms. The highest BCUT2D eigenvalue weighted by Crippen LogP contribution is 2.33. The second-order valence-corrected chi connectivity index (χ2v) is 6.76. The Morgan fingerprint density at radius 3 is 2.36 bits per heavy atom. The quantitative estimate of drug-likeness (QED) is 0.841. The van der Waals surface area contributed by atoms with E-state index in [1.165, 1.54) is 11.8 Å². The lowest BCUT2D eigenvalue weighted by atomic mass is 10.3. The van der Waals surface area contributed by atoms with Gasteiger partial charge in [-0.15, -0.1) is 0 Å². The van der Waals surface area contributed by atoms with Gasteiger partial charge in [0.25, 0.3) is 0 Å². The minimum absolute atomic E-state index is 0.0532. The van der Waals surface area contributed by atoms with Gasteiger partial charge in [0, 0.05) is 13.1 Å². The molecule has 1 fully saturated rings. The van der Waals surface area contributed by atoms with Crippen LogP contribution in [-0.4, -0.2) is 39.9 Å². The van der Waals surface area contributed by atoms with Gasteiger partial charge in [0.1, 0.15) is 5.03 Å². The van der Waals surface area contributed by atoms with E-state index in [9.17, 15) is 4.79 Å². The molecule has 2 heterocycles. The minimum atomic E-state index is -0.881. The summed E-state index contributed by atoms with van der Waals surface area (Å²) in [5.74, 6) is -0.203. The first-order valence-corrected chi connectivity index (χ1v) is 8.55. The lowest BCUT2D eigenvalue weighted by Crippen LogP contribution is -2.20. The van der Waals surface area contributed by atoms with Crippen LogP contribution in [-0.2, 0) is 4.79 Å². The number of nitrogens with zero attached hydrogens (tertiary/aromatic N) is 3. The number of aromatic nitrogens is 2. The van der Waals surface area contributed by atoms with E-state index in [0.29, 0.717) is 26.1 Å². The van der Waals surface area contributed by atoms with E-state index in [0.717, 1.165) is 31.7 Å². The third kappa shape index (κ3) is 3.24. The van der Waals surface area contributed by atoms with E-state index >= 15 is 0 Å². The first-order valence-electron chi connectivity index (χ1n) is 6.81. The van der Waals surface area contributed by atoms with E-state index in [2.05, 4.69) is 14.9 Å². The molecule has 0 unspecified atom stereocenters. The molecule has 22 heavy (non-hydrogen) atoms.